The highest BCUT2D eigenvalue weighted by atomic mass is 32.2. The van der Waals surface area contributed by atoms with Crippen LogP contribution in [0.15, 0.2) is 47.5 Å². The van der Waals surface area contributed by atoms with Crippen LogP contribution in [0.3, 0.4) is 0 Å². The van der Waals surface area contributed by atoms with E-state index in [0.717, 1.165) is 12.0 Å². The fraction of sp³-hybridized carbons (Fsp3) is 0.467. The average molecular weight is 613 g/mol. The van der Waals surface area contributed by atoms with Gasteiger partial charge in [-0.3, -0.25) is 4.79 Å². The maximum absolute atomic E-state index is 13.5. The van der Waals surface area contributed by atoms with Gasteiger partial charge in [-0.2, -0.15) is 8.42 Å². The Bertz CT molecular complexity index is 1550. The summed E-state index contributed by atoms with van der Waals surface area (Å²) in [4.78, 5) is 28.9. The predicted octanol–water partition coefficient (Wildman–Crippen LogP) is 3.60. The Morgan fingerprint density at radius 1 is 1.05 bits per heavy atom. The van der Waals surface area contributed by atoms with E-state index in [9.17, 15) is 13.2 Å². The number of nitrogens with two attached hydrogens (primary N) is 1. The Kier molecular flexibility index (Phi) is 10.2. The maximum atomic E-state index is 13.5. The van der Waals surface area contributed by atoms with Crippen molar-refractivity contribution in [3.63, 3.8) is 0 Å². The number of amides is 1. The van der Waals surface area contributed by atoms with Crippen molar-refractivity contribution < 1.29 is 27.4 Å². The van der Waals surface area contributed by atoms with E-state index < -0.39 is 15.9 Å². The van der Waals surface area contributed by atoms with Crippen LogP contribution in [0.2, 0.25) is 0 Å². The molecule has 1 atom stereocenters. The first-order valence-corrected chi connectivity index (χ1v) is 15.8. The molecule has 12 nitrogen and oxygen atoms in total. The van der Waals surface area contributed by atoms with Gasteiger partial charge < -0.3 is 24.8 Å². The van der Waals surface area contributed by atoms with E-state index in [-0.39, 0.29) is 21.9 Å². The molecule has 13 heteroatoms. The Morgan fingerprint density at radius 3 is 2.49 bits per heavy atom. The monoisotopic (exact) mass is 612 g/mol. The van der Waals surface area contributed by atoms with E-state index in [2.05, 4.69) is 35.5 Å². The number of aromatic nitrogens is 3. The van der Waals surface area contributed by atoms with E-state index in [1.165, 1.54) is 18.2 Å². The zero-order chi connectivity index (χ0) is 31.2. The number of sulfonamides is 1. The van der Waals surface area contributed by atoms with Crippen molar-refractivity contribution >= 4 is 27.6 Å². The average Bonchev–Trinajstić information content (AvgIpc) is 3.23. The van der Waals surface area contributed by atoms with Crippen molar-refractivity contribution in [3.05, 3.63) is 53.6 Å². The number of rotatable bonds is 13. The number of pyridine rings is 3. The number of hydrogen-bond acceptors (Lipinski definition) is 11. The molecule has 1 aliphatic heterocycles. The summed E-state index contributed by atoms with van der Waals surface area (Å²) in [6.45, 7) is 13.2. The fourth-order valence-electron chi connectivity index (χ4n) is 4.80. The van der Waals surface area contributed by atoms with E-state index in [0.29, 0.717) is 68.6 Å². The second-order valence-corrected chi connectivity index (χ2v) is 12.6. The largest absolute Gasteiger partial charge is 0.475 e. The molecule has 3 aromatic rings. The van der Waals surface area contributed by atoms with Crippen molar-refractivity contribution in [1.29, 1.82) is 0 Å². The van der Waals surface area contributed by atoms with Crippen LogP contribution in [0.1, 0.15) is 50.0 Å². The number of nitrogens with zero attached hydrogens (tertiary/aromatic N) is 4. The molecule has 0 saturated carbocycles. The molecule has 4 rings (SSSR count). The van der Waals surface area contributed by atoms with Gasteiger partial charge in [0.2, 0.25) is 5.88 Å². The third-order valence-corrected chi connectivity index (χ3v) is 8.80. The van der Waals surface area contributed by atoms with Crippen LogP contribution in [-0.2, 0) is 19.5 Å². The molecule has 43 heavy (non-hydrogen) atoms. The summed E-state index contributed by atoms with van der Waals surface area (Å²) in [6, 6.07) is 11.1. The summed E-state index contributed by atoms with van der Waals surface area (Å²) in [7, 11) is -4.28. The van der Waals surface area contributed by atoms with Crippen molar-refractivity contribution in [2.45, 2.75) is 51.6 Å². The van der Waals surface area contributed by atoms with Crippen LogP contribution in [-0.4, -0.2) is 74.4 Å². The molecule has 4 heterocycles. The predicted molar refractivity (Wildman–Crippen MR) is 164 cm³/mol. The number of anilines is 2. The minimum absolute atomic E-state index is 0.0259. The first kappa shape index (κ1) is 32.1. The SMILES string of the molecule is CCOCCOCCOc1cc(C)cc(-c2ccc(C(=O)NS(=O)(=O)c3cccc(N)n3)c(N3CCC(C)C3(C)C)n2)n1. The number of hydrogen-bond donors (Lipinski definition) is 2. The molecule has 1 unspecified atom stereocenters. The molecular formula is C30H40N6O6S. The lowest BCUT2D eigenvalue weighted by Gasteiger charge is -2.36. The molecule has 1 aliphatic rings. The minimum Gasteiger partial charge on any atom is -0.475 e. The van der Waals surface area contributed by atoms with Crippen molar-refractivity contribution in [2.75, 3.05) is 50.2 Å². The van der Waals surface area contributed by atoms with E-state index in [1.807, 2.05) is 30.9 Å². The van der Waals surface area contributed by atoms with Crippen LogP contribution >= 0.6 is 0 Å². The molecule has 1 saturated heterocycles. The summed E-state index contributed by atoms with van der Waals surface area (Å²) < 4.78 is 44.7. The highest BCUT2D eigenvalue weighted by Gasteiger charge is 2.41. The van der Waals surface area contributed by atoms with Gasteiger partial charge in [0.1, 0.15) is 18.2 Å². The second-order valence-electron chi connectivity index (χ2n) is 10.9. The zero-order valence-electron chi connectivity index (χ0n) is 25.3. The summed E-state index contributed by atoms with van der Waals surface area (Å²) >= 11 is 0. The number of carbonyl (C=O) groups excluding carboxylic acids is 1. The molecule has 0 aromatic carbocycles. The lowest BCUT2D eigenvalue weighted by atomic mass is 9.90. The number of nitrogens with one attached hydrogen (secondary N) is 1. The normalized spacial score (nSPS) is 16.3. The maximum Gasteiger partial charge on any atom is 0.281 e. The van der Waals surface area contributed by atoms with Gasteiger partial charge in [-0.15, -0.1) is 0 Å². The summed E-state index contributed by atoms with van der Waals surface area (Å²) in [5.74, 6) is 0.303. The molecule has 0 aliphatic carbocycles. The molecule has 1 fully saturated rings. The van der Waals surface area contributed by atoms with E-state index in [1.54, 1.807) is 12.1 Å². The Hall–Kier alpha value is -3.81. The lowest BCUT2D eigenvalue weighted by molar-refractivity contribution is 0.0399. The van der Waals surface area contributed by atoms with Gasteiger partial charge in [0.15, 0.2) is 5.03 Å². The first-order valence-electron chi connectivity index (χ1n) is 14.3. The number of ether oxygens (including phenoxy) is 3. The number of aryl methyl sites for hydroxylation is 1. The van der Waals surface area contributed by atoms with Crippen LogP contribution in [0.25, 0.3) is 11.4 Å². The Balaban J connectivity index is 1.63. The lowest BCUT2D eigenvalue weighted by Crippen LogP contribution is -2.43. The van der Waals surface area contributed by atoms with Crippen LogP contribution in [0.5, 0.6) is 5.88 Å². The Labute approximate surface area is 253 Å². The van der Waals surface area contributed by atoms with E-state index in [4.69, 9.17) is 24.9 Å². The number of carbonyl (C=O) groups is 1. The highest BCUT2D eigenvalue weighted by Crippen LogP contribution is 2.39. The standard InChI is InChI=1S/C30H40N6O6S/c1-6-40-14-15-41-16-17-42-26-19-20(2)18-24(32-26)23-11-10-22(28(33-23)36-13-12-21(3)30(36,4)5)29(37)35-43(38,39)27-9-7-8-25(31)34-27/h7-11,18-19,21H,6,12-17H2,1-5H3,(H2,31,34)(H,35,37). The topological polar surface area (TPSA) is 159 Å². The molecule has 0 radical (unpaired) electrons. The minimum atomic E-state index is -4.28. The summed E-state index contributed by atoms with van der Waals surface area (Å²) in [6.07, 6.45) is 0.888. The van der Waals surface area contributed by atoms with Gasteiger partial charge in [0.05, 0.1) is 36.8 Å². The molecule has 3 aromatic heterocycles. The highest BCUT2D eigenvalue weighted by molar-refractivity contribution is 7.90. The molecule has 1 amide bonds. The van der Waals surface area contributed by atoms with Crippen molar-refractivity contribution in [3.8, 4) is 17.3 Å². The van der Waals surface area contributed by atoms with Crippen LogP contribution < -0.4 is 20.1 Å². The van der Waals surface area contributed by atoms with E-state index >= 15 is 0 Å². The molecule has 0 bridgehead atoms. The fourth-order valence-corrected chi connectivity index (χ4v) is 5.74. The molecule has 3 N–H and O–H groups in total. The second kappa shape index (κ2) is 13.7. The quantitative estimate of drug-likeness (QED) is 0.272. The summed E-state index contributed by atoms with van der Waals surface area (Å²) in [5.41, 5.74) is 7.43. The van der Waals surface area contributed by atoms with Gasteiger partial charge in [-0.1, -0.05) is 13.0 Å². The third kappa shape index (κ3) is 7.78. The number of nitrogen functional groups attached to an aromatic ring is 1. The van der Waals surface area contributed by atoms with Gasteiger partial charge in [0, 0.05) is 24.8 Å². The van der Waals surface area contributed by atoms with Crippen molar-refractivity contribution in [2.24, 2.45) is 5.92 Å². The van der Waals surface area contributed by atoms with Crippen LogP contribution in [0.4, 0.5) is 11.6 Å². The Morgan fingerprint density at radius 2 is 1.79 bits per heavy atom. The van der Waals surface area contributed by atoms with Gasteiger partial charge in [0.25, 0.3) is 15.9 Å². The van der Waals surface area contributed by atoms with Crippen LogP contribution in [0, 0.1) is 12.8 Å². The third-order valence-electron chi connectivity index (χ3n) is 7.57. The smallest absolute Gasteiger partial charge is 0.281 e. The van der Waals surface area contributed by atoms with Gasteiger partial charge >= 0.3 is 0 Å². The molecular weight excluding hydrogens is 572 g/mol. The summed E-state index contributed by atoms with van der Waals surface area (Å²) in [5, 5.41) is -0.349. The first-order chi connectivity index (χ1) is 20.4. The molecule has 0 spiro atoms. The van der Waals surface area contributed by atoms with Gasteiger partial charge in [-0.25, -0.2) is 19.7 Å². The zero-order valence-corrected chi connectivity index (χ0v) is 26.1. The van der Waals surface area contributed by atoms with Crippen molar-refractivity contribution in [1.82, 2.24) is 19.7 Å². The molecule has 232 valence electrons. The van der Waals surface area contributed by atoms with Gasteiger partial charge in [-0.05, 0) is 75.9 Å².